The fourth-order valence-electron chi connectivity index (χ4n) is 3.77. The van der Waals surface area contributed by atoms with Gasteiger partial charge in [0.2, 0.25) is 11.8 Å². The third-order valence-corrected chi connectivity index (χ3v) is 8.40. The third kappa shape index (κ3) is 7.28. The van der Waals surface area contributed by atoms with E-state index in [2.05, 4.69) is 5.32 Å². The van der Waals surface area contributed by atoms with E-state index < -0.39 is 28.5 Å². The number of halogens is 2. The summed E-state index contributed by atoms with van der Waals surface area (Å²) in [6.45, 7) is 6.80. The van der Waals surface area contributed by atoms with E-state index in [-0.39, 0.29) is 39.1 Å². The Morgan fingerprint density at radius 2 is 1.53 bits per heavy atom. The van der Waals surface area contributed by atoms with Crippen LogP contribution in [0.1, 0.15) is 31.9 Å². The van der Waals surface area contributed by atoms with E-state index in [1.54, 1.807) is 25.1 Å². The van der Waals surface area contributed by atoms with Gasteiger partial charge in [-0.25, -0.2) is 8.42 Å². The minimum absolute atomic E-state index is 0.00885. The molecule has 7 nitrogen and oxygen atoms in total. The molecule has 38 heavy (non-hydrogen) atoms. The van der Waals surface area contributed by atoms with Crippen LogP contribution < -0.4 is 9.62 Å². The fourth-order valence-corrected chi connectivity index (χ4v) is 5.49. The molecule has 0 fully saturated rings. The lowest BCUT2D eigenvalue weighted by atomic mass is 10.1. The number of rotatable bonds is 10. The number of aryl methyl sites for hydroxylation is 1. The number of sulfonamides is 1. The summed E-state index contributed by atoms with van der Waals surface area (Å²) >= 11 is 12.3. The summed E-state index contributed by atoms with van der Waals surface area (Å²) < 4.78 is 28.5. The Morgan fingerprint density at radius 1 is 0.895 bits per heavy atom. The largest absolute Gasteiger partial charge is 0.352 e. The molecule has 10 heteroatoms. The normalized spacial score (nSPS) is 12.2. The first-order valence-corrected chi connectivity index (χ1v) is 14.3. The van der Waals surface area contributed by atoms with Crippen LogP contribution in [-0.2, 0) is 26.2 Å². The molecular formula is C28H31Cl2N3O4S. The predicted molar refractivity (Wildman–Crippen MR) is 152 cm³/mol. The zero-order valence-electron chi connectivity index (χ0n) is 21.7. The third-order valence-electron chi connectivity index (χ3n) is 5.87. The van der Waals surface area contributed by atoms with Crippen LogP contribution in [0.4, 0.5) is 5.69 Å². The quantitative estimate of drug-likeness (QED) is 0.348. The van der Waals surface area contributed by atoms with Gasteiger partial charge in [0, 0.05) is 12.6 Å². The van der Waals surface area contributed by atoms with E-state index in [9.17, 15) is 18.0 Å². The Morgan fingerprint density at radius 3 is 2.11 bits per heavy atom. The zero-order chi connectivity index (χ0) is 28.0. The molecule has 0 heterocycles. The number of nitrogens with zero attached hydrogens (tertiary/aromatic N) is 2. The van der Waals surface area contributed by atoms with Crippen molar-refractivity contribution < 1.29 is 18.0 Å². The Hall–Kier alpha value is -3.07. The summed E-state index contributed by atoms with van der Waals surface area (Å²) in [5, 5.41) is 3.22. The molecule has 3 aromatic rings. The average Bonchev–Trinajstić information content (AvgIpc) is 2.88. The lowest BCUT2D eigenvalue weighted by Gasteiger charge is -2.32. The van der Waals surface area contributed by atoms with Gasteiger partial charge < -0.3 is 10.2 Å². The molecule has 0 saturated heterocycles. The minimum atomic E-state index is -4.17. The van der Waals surface area contributed by atoms with Crippen molar-refractivity contribution in [1.82, 2.24) is 10.2 Å². The zero-order valence-corrected chi connectivity index (χ0v) is 24.0. The molecule has 202 valence electrons. The highest BCUT2D eigenvalue weighted by Crippen LogP contribution is 2.31. The summed E-state index contributed by atoms with van der Waals surface area (Å²) in [6, 6.07) is 18.8. The number of hydrogen-bond donors (Lipinski definition) is 1. The number of amides is 2. The van der Waals surface area contributed by atoms with Crippen LogP contribution in [0.5, 0.6) is 0 Å². The fraction of sp³-hybridized carbons (Fsp3) is 0.286. The monoisotopic (exact) mass is 575 g/mol. The van der Waals surface area contributed by atoms with Crippen LogP contribution in [0.25, 0.3) is 0 Å². The van der Waals surface area contributed by atoms with Crippen LogP contribution in [0.2, 0.25) is 10.0 Å². The van der Waals surface area contributed by atoms with Crippen molar-refractivity contribution in [2.24, 2.45) is 0 Å². The number of anilines is 1. The van der Waals surface area contributed by atoms with Gasteiger partial charge >= 0.3 is 0 Å². The number of carbonyl (C=O) groups excluding carboxylic acids is 2. The van der Waals surface area contributed by atoms with Crippen molar-refractivity contribution in [2.45, 2.75) is 51.2 Å². The van der Waals surface area contributed by atoms with E-state index in [0.717, 1.165) is 15.4 Å². The van der Waals surface area contributed by atoms with Crippen LogP contribution in [0.3, 0.4) is 0 Å². The van der Waals surface area contributed by atoms with E-state index in [1.165, 1.54) is 35.2 Å². The van der Waals surface area contributed by atoms with Gasteiger partial charge in [0.15, 0.2) is 0 Å². The second kappa shape index (κ2) is 12.7. The molecule has 0 aliphatic rings. The summed E-state index contributed by atoms with van der Waals surface area (Å²) in [6.07, 6.45) is 0. The molecule has 1 unspecified atom stereocenters. The van der Waals surface area contributed by atoms with Crippen molar-refractivity contribution in [3.63, 3.8) is 0 Å². The molecule has 0 aromatic heterocycles. The second-order valence-corrected chi connectivity index (χ2v) is 11.9. The van der Waals surface area contributed by atoms with Crippen molar-refractivity contribution >= 4 is 50.7 Å². The van der Waals surface area contributed by atoms with Crippen molar-refractivity contribution in [3.05, 3.63) is 94.0 Å². The molecule has 0 aliphatic heterocycles. The van der Waals surface area contributed by atoms with Crippen molar-refractivity contribution in [2.75, 3.05) is 10.8 Å². The number of benzene rings is 3. The minimum Gasteiger partial charge on any atom is -0.352 e. The smallest absolute Gasteiger partial charge is 0.264 e. The molecule has 1 N–H and O–H groups in total. The van der Waals surface area contributed by atoms with Crippen LogP contribution in [0, 0.1) is 6.92 Å². The standard InChI is InChI=1S/C28H31Cl2N3O4S/c1-19(2)31-28(35)21(4)32(17-22-12-10-20(3)11-13-22)27(34)18-33(23-14-15-25(29)26(30)16-23)38(36,37)24-8-6-5-7-9-24/h5-16,19,21H,17-18H2,1-4H3,(H,31,35). The molecule has 0 aliphatic carbocycles. The highest BCUT2D eigenvalue weighted by Gasteiger charge is 2.32. The van der Waals surface area contributed by atoms with Gasteiger partial charge in [-0.3, -0.25) is 13.9 Å². The first kappa shape index (κ1) is 29.5. The Labute approximate surface area is 234 Å². The maximum absolute atomic E-state index is 13.8. The highest BCUT2D eigenvalue weighted by molar-refractivity contribution is 7.92. The molecular weight excluding hydrogens is 545 g/mol. The SMILES string of the molecule is Cc1ccc(CN(C(=O)CN(c2ccc(Cl)c(Cl)c2)S(=O)(=O)c2ccccc2)C(C)C(=O)NC(C)C)cc1. The molecule has 0 saturated carbocycles. The van der Waals surface area contributed by atoms with Gasteiger partial charge in [0.25, 0.3) is 10.0 Å². The second-order valence-electron chi connectivity index (χ2n) is 9.27. The number of hydrogen-bond acceptors (Lipinski definition) is 4. The van der Waals surface area contributed by atoms with Crippen LogP contribution in [0.15, 0.2) is 77.7 Å². The van der Waals surface area contributed by atoms with Gasteiger partial charge in [0.05, 0.1) is 20.6 Å². The molecule has 0 radical (unpaired) electrons. The molecule has 2 amide bonds. The van der Waals surface area contributed by atoms with Crippen molar-refractivity contribution in [1.29, 1.82) is 0 Å². The van der Waals surface area contributed by atoms with E-state index in [4.69, 9.17) is 23.2 Å². The molecule has 0 spiro atoms. The van der Waals surface area contributed by atoms with Gasteiger partial charge in [-0.1, -0.05) is 71.2 Å². The lowest BCUT2D eigenvalue weighted by Crippen LogP contribution is -2.52. The highest BCUT2D eigenvalue weighted by atomic mass is 35.5. The topological polar surface area (TPSA) is 86.8 Å². The lowest BCUT2D eigenvalue weighted by molar-refractivity contribution is -0.139. The Balaban J connectivity index is 2.04. The first-order valence-electron chi connectivity index (χ1n) is 12.1. The summed E-state index contributed by atoms with van der Waals surface area (Å²) in [4.78, 5) is 28.2. The number of carbonyl (C=O) groups is 2. The summed E-state index contributed by atoms with van der Waals surface area (Å²) in [7, 11) is -4.17. The van der Waals surface area contributed by atoms with Gasteiger partial charge in [-0.15, -0.1) is 0 Å². The molecule has 3 rings (SSSR count). The molecule has 1 atom stereocenters. The Bertz CT molecular complexity index is 1380. The van der Waals surface area contributed by atoms with Gasteiger partial charge in [-0.05, 0) is 63.6 Å². The van der Waals surface area contributed by atoms with Crippen molar-refractivity contribution in [3.8, 4) is 0 Å². The maximum atomic E-state index is 13.8. The molecule has 0 bridgehead atoms. The number of nitrogens with one attached hydrogen (secondary N) is 1. The first-order chi connectivity index (χ1) is 17.9. The van der Waals surface area contributed by atoms with E-state index in [1.807, 2.05) is 45.0 Å². The van der Waals surface area contributed by atoms with Crippen LogP contribution in [-0.4, -0.2) is 43.8 Å². The maximum Gasteiger partial charge on any atom is 0.264 e. The van der Waals surface area contributed by atoms with E-state index in [0.29, 0.717) is 0 Å². The van der Waals surface area contributed by atoms with E-state index >= 15 is 0 Å². The summed E-state index contributed by atoms with van der Waals surface area (Å²) in [5.41, 5.74) is 2.03. The average molecular weight is 577 g/mol. The van der Waals surface area contributed by atoms with Gasteiger partial charge in [-0.2, -0.15) is 0 Å². The molecule has 3 aromatic carbocycles. The summed E-state index contributed by atoms with van der Waals surface area (Å²) in [5.74, 6) is -0.893. The van der Waals surface area contributed by atoms with Gasteiger partial charge in [0.1, 0.15) is 12.6 Å². The predicted octanol–water partition coefficient (Wildman–Crippen LogP) is 5.44. The van der Waals surface area contributed by atoms with Crippen LogP contribution >= 0.6 is 23.2 Å². The Kier molecular flexibility index (Phi) is 9.82.